The fourth-order valence-electron chi connectivity index (χ4n) is 1.32. The third kappa shape index (κ3) is 2.81. The number of carbonyl (C=O) groups excluding carboxylic acids is 2. The Bertz CT molecular complexity index is 408. The Morgan fingerprint density at radius 2 is 2.07 bits per heavy atom. The Hall–Kier alpha value is -1.84. The highest BCUT2D eigenvalue weighted by atomic mass is 16.5. The van der Waals surface area contributed by atoms with Crippen molar-refractivity contribution in [3.8, 4) is 0 Å². The van der Waals surface area contributed by atoms with Crippen LogP contribution in [0.2, 0.25) is 0 Å². The van der Waals surface area contributed by atoms with Crippen LogP contribution in [0, 0.1) is 6.92 Å². The summed E-state index contributed by atoms with van der Waals surface area (Å²) >= 11 is 0. The zero-order chi connectivity index (χ0) is 11.3. The molecule has 0 atom stereocenters. The van der Waals surface area contributed by atoms with Gasteiger partial charge in [-0.3, -0.25) is 0 Å². The Labute approximate surface area is 87.3 Å². The van der Waals surface area contributed by atoms with Gasteiger partial charge in [-0.25, -0.2) is 0 Å². The van der Waals surface area contributed by atoms with Gasteiger partial charge in [-0.05, 0) is 18.6 Å². The van der Waals surface area contributed by atoms with E-state index in [4.69, 9.17) is 14.2 Å². The third-order valence-electron chi connectivity index (χ3n) is 1.96. The molecule has 76 valence electrons. The summed E-state index contributed by atoms with van der Waals surface area (Å²) in [5, 5.41) is 9.41. The molecule has 5 heteroatoms. The van der Waals surface area contributed by atoms with Crippen molar-refractivity contribution in [3.05, 3.63) is 35.6 Å². The predicted molar refractivity (Wildman–Crippen MR) is 53.9 cm³/mol. The van der Waals surface area contributed by atoms with Crippen LogP contribution in [0.4, 0.5) is 0 Å². The molecule has 0 unspecified atom stereocenters. The summed E-state index contributed by atoms with van der Waals surface area (Å²) in [7, 11) is -0.801. The van der Waals surface area contributed by atoms with Crippen LogP contribution in [0.1, 0.15) is 11.1 Å². The van der Waals surface area contributed by atoms with Crippen LogP contribution in [0.25, 0.3) is 6.08 Å². The Morgan fingerprint density at radius 1 is 1.40 bits per heavy atom. The van der Waals surface area contributed by atoms with Gasteiger partial charge in [0.1, 0.15) is 0 Å². The van der Waals surface area contributed by atoms with Gasteiger partial charge in [-0.15, -0.1) is 0 Å². The van der Waals surface area contributed by atoms with E-state index in [0.29, 0.717) is 0 Å². The molecule has 0 aromatic heterocycles. The van der Waals surface area contributed by atoms with Gasteiger partial charge in [0, 0.05) is 5.46 Å². The number of rotatable bonds is 0. The van der Waals surface area contributed by atoms with Crippen LogP contribution in [0.15, 0.2) is 24.5 Å². The fourth-order valence-corrected chi connectivity index (χ4v) is 1.32. The van der Waals surface area contributed by atoms with Crippen molar-refractivity contribution in [2.45, 2.75) is 6.92 Å². The van der Waals surface area contributed by atoms with Crippen molar-refractivity contribution in [2.24, 2.45) is 0 Å². The minimum atomic E-state index is -0.801. The van der Waals surface area contributed by atoms with Gasteiger partial charge < -0.3 is 9.68 Å². The Morgan fingerprint density at radius 3 is 2.73 bits per heavy atom. The Kier molecular flexibility index (Phi) is 3.86. The van der Waals surface area contributed by atoms with Crippen LogP contribution in [0.5, 0.6) is 0 Å². The van der Waals surface area contributed by atoms with Crippen molar-refractivity contribution < 1.29 is 19.3 Å². The number of benzene rings is 1. The summed E-state index contributed by atoms with van der Waals surface area (Å²) in [5.41, 5.74) is 3.00. The van der Waals surface area contributed by atoms with E-state index in [-0.39, 0.29) is 6.15 Å². The standard InChI is InChI=1S/C9H9BO2.CO2/c1-7-2-3-8-4-5-12-10(11)9(8)6-7;2-1-3/h2-6,11H,1H3;. The molecule has 0 bridgehead atoms. The molecule has 2 rings (SSSR count). The molecule has 1 aromatic rings. The summed E-state index contributed by atoms with van der Waals surface area (Å²) in [5.74, 6) is 0. The minimum absolute atomic E-state index is 0.250. The number of hydrogen-bond donors (Lipinski definition) is 1. The monoisotopic (exact) mass is 204 g/mol. The van der Waals surface area contributed by atoms with E-state index >= 15 is 0 Å². The molecule has 15 heavy (non-hydrogen) atoms. The van der Waals surface area contributed by atoms with E-state index in [1.165, 1.54) is 6.26 Å². The predicted octanol–water partition coefficient (Wildman–Crippen LogP) is 0.0999. The highest BCUT2D eigenvalue weighted by molar-refractivity contribution is 6.61. The lowest BCUT2D eigenvalue weighted by molar-refractivity contribution is -0.191. The molecule has 0 aliphatic carbocycles. The smallest absolute Gasteiger partial charge is 0.538 e. The normalized spacial score (nSPS) is 11.7. The second kappa shape index (κ2) is 5.15. The highest BCUT2D eigenvalue weighted by Crippen LogP contribution is 2.08. The molecule has 1 N–H and O–H groups in total. The van der Waals surface area contributed by atoms with Gasteiger partial charge in [-0.1, -0.05) is 23.8 Å². The minimum Gasteiger partial charge on any atom is -0.538 e. The molecule has 0 radical (unpaired) electrons. The molecule has 0 amide bonds. The molecule has 1 heterocycles. The lowest BCUT2D eigenvalue weighted by Crippen LogP contribution is -2.36. The van der Waals surface area contributed by atoms with E-state index in [1.54, 1.807) is 0 Å². The van der Waals surface area contributed by atoms with Gasteiger partial charge in [0.2, 0.25) is 0 Å². The van der Waals surface area contributed by atoms with Crippen LogP contribution in [0.3, 0.4) is 0 Å². The Balaban J connectivity index is 0.000000337. The average molecular weight is 204 g/mol. The first-order chi connectivity index (χ1) is 7.19. The van der Waals surface area contributed by atoms with E-state index < -0.39 is 7.12 Å². The molecule has 1 aromatic carbocycles. The summed E-state index contributed by atoms with van der Waals surface area (Å²) in [6.45, 7) is 1.99. The van der Waals surface area contributed by atoms with Gasteiger partial charge >= 0.3 is 13.3 Å². The summed E-state index contributed by atoms with van der Waals surface area (Å²) in [6, 6.07) is 5.93. The van der Waals surface area contributed by atoms with Crippen LogP contribution >= 0.6 is 0 Å². The maximum atomic E-state index is 9.41. The zero-order valence-electron chi connectivity index (χ0n) is 8.14. The lowest BCUT2D eigenvalue weighted by Gasteiger charge is -2.14. The number of fused-ring (bicyclic) bond motifs is 1. The molecule has 0 saturated carbocycles. The second-order valence-electron chi connectivity index (χ2n) is 3.01. The largest absolute Gasteiger partial charge is 0.560 e. The maximum absolute atomic E-state index is 9.41. The molecule has 0 saturated heterocycles. The number of aryl methyl sites for hydroxylation is 1. The zero-order valence-corrected chi connectivity index (χ0v) is 8.14. The van der Waals surface area contributed by atoms with Crippen molar-refractivity contribution in [2.75, 3.05) is 0 Å². The van der Waals surface area contributed by atoms with Crippen LogP contribution in [-0.2, 0) is 14.2 Å². The SMILES string of the molecule is Cc1ccc2c(c1)B(O)OC=C2.O=C=O. The van der Waals surface area contributed by atoms with Gasteiger partial charge in [0.15, 0.2) is 0 Å². The summed E-state index contributed by atoms with van der Waals surface area (Å²) in [6.07, 6.45) is 3.61. The van der Waals surface area contributed by atoms with Crippen molar-refractivity contribution in [1.82, 2.24) is 0 Å². The van der Waals surface area contributed by atoms with Crippen LogP contribution in [-0.4, -0.2) is 18.3 Å². The fraction of sp³-hybridized carbons (Fsp3) is 0.100. The van der Waals surface area contributed by atoms with E-state index in [9.17, 15) is 5.02 Å². The number of hydrogen-bond acceptors (Lipinski definition) is 4. The van der Waals surface area contributed by atoms with Gasteiger partial charge in [0.25, 0.3) is 0 Å². The highest BCUT2D eigenvalue weighted by Gasteiger charge is 2.22. The lowest BCUT2D eigenvalue weighted by atomic mass is 9.74. The summed E-state index contributed by atoms with van der Waals surface area (Å²) < 4.78 is 4.93. The molecule has 1 aliphatic rings. The first-order valence-electron chi connectivity index (χ1n) is 4.29. The first kappa shape index (κ1) is 11.2. The van der Waals surface area contributed by atoms with E-state index in [0.717, 1.165) is 16.6 Å². The maximum Gasteiger partial charge on any atom is 0.560 e. The van der Waals surface area contributed by atoms with Crippen molar-refractivity contribution in [3.63, 3.8) is 0 Å². The van der Waals surface area contributed by atoms with Gasteiger partial charge in [0.05, 0.1) is 6.26 Å². The second-order valence-corrected chi connectivity index (χ2v) is 3.01. The van der Waals surface area contributed by atoms with Crippen molar-refractivity contribution in [1.29, 1.82) is 0 Å². The molecule has 0 spiro atoms. The van der Waals surface area contributed by atoms with Crippen LogP contribution < -0.4 is 5.46 Å². The molecule has 1 aliphatic heterocycles. The third-order valence-corrected chi connectivity index (χ3v) is 1.96. The summed E-state index contributed by atoms with van der Waals surface area (Å²) in [4.78, 5) is 16.2. The van der Waals surface area contributed by atoms with Crippen molar-refractivity contribution >= 4 is 24.8 Å². The average Bonchev–Trinajstić information content (AvgIpc) is 2.21. The molecular weight excluding hydrogens is 195 g/mol. The molecule has 4 nitrogen and oxygen atoms in total. The van der Waals surface area contributed by atoms with E-state index in [1.807, 2.05) is 31.2 Å². The quantitative estimate of drug-likeness (QED) is 0.608. The molecular formula is C10H9BO4. The topological polar surface area (TPSA) is 63.6 Å². The van der Waals surface area contributed by atoms with E-state index in [2.05, 4.69) is 0 Å². The first-order valence-corrected chi connectivity index (χ1v) is 4.29. The molecule has 0 fully saturated rings. The van der Waals surface area contributed by atoms with Gasteiger partial charge in [-0.2, -0.15) is 9.59 Å².